The quantitative estimate of drug-likeness (QED) is 0.675. The molecule has 0 saturated heterocycles. The first kappa shape index (κ1) is 14.2. The SMILES string of the molecule is CNC(c1ccn(CCOCCO)c1)C(C)C. The molecule has 1 heterocycles. The van der Waals surface area contributed by atoms with Crippen LogP contribution in [0.15, 0.2) is 18.5 Å². The van der Waals surface area contributed by atoms with E-state index in [0.717, 1.165) is 6.54 Å². The van der Waals surface area contributed by atoms with Crippen molar-refractivity contribution in [3.05, 3.63) is 24.0 Å². The van der Waals surface area contributed by atoms with Gasteiger partial charge in [-0.15, -0.1) is 0 Å². The van der Waals surface area contributed by atoms with E-state index in [9.17, 15) is 0 Å². The number of aliphatic hydroxyl groups is 1. The third kappa shape index (κ3) is 4.50. The molecule has 17 heavy (non-hydrogen) atoms. The molecule has 0 saturated carbocycles. The molecule has 2 N–H and O–H groups in total. The highest BCUT2D eigenvalue weighted by Gasteiger charge is 2.14. The van der Waals surface area contributed by atoms with Gasteiger partial charge in [0.1, 0.15) is 0 Å². The summed E-state index contributed by atoms with van der Waals surface area (Å²) >= 11 is 0. The maximum atomic E-state index is 8.59. The van der Waals surface area contributed by atoms with Gasteiger partial charge in [-0.1, -0.05) is 13.8 Å². The van der Waals surface area contributed by atoms with Crippen molar-refractivity contribution in [2.24, 2.45) is 5.92 Å². The molecule has 0 bridgehead atoms. The van der Waals surface area contributed by atoms with Gasteiger partial charge in [-0.25, -0.2) is 0 Å². The molecule has 4 heteroatoms. The van der Waals surface area contributed by atoms with Gasteiger partial charge in [0.15, 0.2) is 0 Å². The number of rotatable bonds is 8. The van der Waals surface area contributed by atoms with Crippen molar-refractivity contribution in [2.45, 2.75) is 26.4 Å². The average Bonchev–Trinajstić information content (AvgIpc) is 2.74. The van der Waals surface area contributed by atoms with Crippen LogP contribution in [0.2, 0.25) is 0 Å². The predicted molar refractivity (Wildman–Crippen MR) is 69.0 cm³/mol. The monoisotopic (exact) mass is 240 g/mol. The number of aromatic nitrogens is 1. The highest BCUT2D eigenvalue weighted by Crippen LogP contribution is 2.21. The van der Waals surface area contributed by atoms with E-state index in [0.29, 0.717) is 25.2 Å². The normalized spacial score (nSPS) is 13.2. The van der Waals surface area contributed by atoms with E-state index >= 15 is 0 Å². The van der Waals surface area contributed by atoms with Gasteiger partial charge in [0.05, 0.1) is 19.8 Å². The summed E-state index contributed by atoms with van der Waals surface area (Å²) < 4.78 is 7.37. The van der Waals surface area contributed by atoms with Crippen LogP contribution < -0.4 is 5.32 Å². The predicted octanol–water partition coefficient (Wildman–Crippen LogP) is 1.41. The first-order valence-corrected chi connectivity index (χ1v) is 6.20. The van der Waals surface area contributed by atoms with Gasteiger partial charge in [0, 0.05) is 25.0 Å². The van der Waals surface area contributed by atoms with E-state index in [2.05, 4.69) is 42.2 Å². The second-order valence-corrected chi connectivity index (χ2v) is 4.53. The Balaban J connectivity index is 2.46. The molecule has 0 aromatic carbocycles. The molecule has 0 amide bonds. The van der Waals surface area contributed by atoms with Gasteiger partial charge in [-0.2, -0.15) is 0 Å². The summed E-state index contributed by atoms with van der Waals surface area (Å²) in [4.78, 5) is 0. The summed E-state index contributed by atoms with van der Waals surface area (Å²) in [6.07, 6.45) is 4.23. The lowest BCUT2D eigenvalue weighted by molar-refractivity contribution is 0.0870. The lowest BCUT2D eigenvalue weighted by Gasteiger charge is -2.18. The first-order chi connectivity index (χ1) is 8.19. The fourth-order valence-electron chi connectivity index (χ4n) is 2.00. The van der Waals surface area contributed by atoms with Crippen LogP contribution >= 0.6 is 0 Å². The van der Waals surface area contributed by atoms with Gasteiger partial charge in [0.25, 0.3) is 0 Å². The zero-order chi connectivity index (χ0) is 12.7. The van der Waals surface area contributed by atoms with Crippen molar-refractivity contribution >= 4 is 0 Å². The van der Waals surface area contributed by atoms with Gasteiger partial charge in [0.2, 0.25) is 0 Å². The fraction of sp³-hybridized carbons (Fsp3) is 0.692. The van der Waals surface area contributed by atoms with Crippen molar-refractivity contribution in [1.82, 2.24) is 9.88 Å². The average molecular weight is 240 g/mol. The molecule has 0 aliphatic carbocycles. The van der Waals surface area contributed by atoms with Gasteiger partial charge < -0.3 is 19.7 Å². The van der Waals surface area contributed by atoms with Crippen molar-refractivity contribution in [2.75, 3.05) is 26.9 Å². The van der Waals surface area contributed by atoms with Crippen LogP contribution in [0.1, 0.15) is 25.5 Å². The summed E-state index contributed by atoms with van der Waals surface area (Å²) in [6, 6.07) is 2.54. The Labute approximate surface area is 104 Å². The van der Waals surface area contributed by atoms with Gasteiger partial charge in [-0.3, -0.25) is 0 Å². The number of hydrogen-bond donors (Lipinski definition) is 2. The lowest BCUT2D eigenvalue weighted by Crippen LogP contribution is -2.21. The Hall–Kier alpha value is -0.840. The summed E-state index contributed by atoms with van der Waals surface area (Å²) in [5.41, 5.74) is 1.31. The molecule has 1 aromatic heterocycles. The van der Waals surface area contributed by atoms with E-state index in [4.69, 9.17) is 9.84 Å². The molecule has 0 aliphatic rings. The molecule has 0 fully saturated rings. The first-order valence-electron chi connectivity index (χ1n) is 6.20. The molecule has 1 atom stereocenters. The topological polar surface area (TPSA) is 46.4 Å². The van der Waals surface area contributed by atoms with E-state index in [1.165, 1.54) is 5.56 Å². The summed E-state index contributed by atoms with van der Waals surface area (Å²) in [5, 5.41) is 11.9. The Morgan fingerprint density at radius 2 is 2.18 bits per heavy atom. The summed E-state index contributed by atoms with van der Waals surface area (Å²) in [7, 11) is 1.99. The Kier molecular flexibility index (Phi) is 6.26. The molecule has 1 unspecified atom stereocenters. The van der Waals surface area contributed by atoms with Crippen LogP contribution in [0.4, 0.5) is 0 Å². The molecule has 1 aromatic rings. The minimum Gasteiger partial charge on any atom is -0.394 e. The van der Waals surface area contributed by atoms with Crippen molar-refractivity contribution in [3.8, 4) is 0 Å². The zero-order valence-corrected chi connectivity index (χ0v) is 11.0. The Morgan fingerprint density at radius 3 is 2.76 bits per heavy atom. The minimum absolute atomic E-state index is 0.0894. The number of ether oxygens (including phenoxy) is 1. The molecule has 4 nitrogen and oxygen atoms in total. The number of nitrogens with one attached hydrogen (secondary N) is 1. The third-order valence-corrected chi connectivity index (χ3v) is 2.84. The number of hydrogen-bond acceptors (Lipinski definition) is 3. The standard InChI is InChI=1S/C13H24N2O2/c1-11(2)13(14-3)12-4-5-15(10-12)6-8-17-9-7-16/h4-5,10-11,13-14,16H,6-9H2,1-3H3. The maximum absolute atomic E-state index is 8.59. The molecule has 0 aliphatic heterocycles. The van der Waals surface area contributed by atoms with Gasteiger partial charge in [-0.05, 0) is 24.6 Å². The summed E-state index contributed by atoms with van der Waals surface area (Å²) in [6.45, 7) is 6.40. The van der Waals surface area contributed by atoms with Crippen LogP contribution in [0.25, 0.3) is 0 Å². The maximum Gasteiger partial charge on any atom is 0.0698 e. The van der Waals surface area contributed by atoms with Crippen LogP contribution in [-0.4, -0.2) is 36.5 Å². The van der Waals surface area contributed by atoms with E-state index in [-0.39, 0.29) is 6.61 Å². The number of nitrogens with zero attached hydrogens (tertiary/aromatic N) is 1. The Morgan fingerprint density at radius 1 is 1.41 bits per heavy atom. The highest BCUT2D eigenvalue weighted by atomic mass is 16.5. The van der Waals surface area contributed by atoms with Crippen LogP contribution in [-0.2, 0) is 11.3 Å². The molecule has 1 rings (SSSR count). The molecule has 0 radical (unpaired) electrons. The van der Waals surface area contributed by atoms with E-state index < -0.39 is 0 Å². The minimum atomic E-state index is 0.0894. The van der Waals surface area contributed by atoms with E-state index in [1.807, 2.05) is 7.05 Å². The largest absolute Gasteiger partial charge is 0.394 e. The third-order valence-electron chi connectivity index (χ3n) is 2.84. The Bertz CT molecular complexity index is 310. The molecule has 98 valence electrons. The van der Waals surface area contributed by atoms with E-state index in [1.54, 1.807) is 0 Å². The van der Waals surface area contributed by atoms with Crippen molar-refractivity contribution in [1.29, 1.82) is 0 Å². The van der Waals surface area contributed by atoms with Crippen LogP contribution in [0.3, 0.4) is 0 Å². The molecular formula is C13H24N2O2. The molecule has 0 spiro atoms. The molecular weight excluding hydrogens is 216 g/mol. The van der Waals surface area contributed by atoms with Gasteiger partial charge >= 0.3 is 0 Å². The highest BCUT2D eigenvalue weighted by molar-refractivity contribution is 5.16. The van der Waals surface area contributed by atoms with Crippen LogP contribution in [0, 0.1) is 5.92 Å². The van der Waals surface area contributed by atoms with Crippen molar-refractivity contribution < 1.29 is 9.84 Å². The fourth-order valence-corrected chi connectivity index (χ4v) is 2.00. The smallest absolute Gasteiger partial charge is 0.0698 e. The van der Waals surface area contributed by atoms with Crippen molar-refractivity contribution in [3.63, 3.8) is 0 Å². The summed E-state index contributed by atoms with van der Waals surface area (Å²) in [5.74, 6) is 0.571. The van der Waals surface area contributed by atoms with Crippen LogP contribution in [0.5, 0.6) is 0 Å². The zero-order valence-electron chi connectivity index (χ0n) is 11.0. The second-order valence-electron chi connectivity index (χ2n) is 4.53. The lowest BCUT2D eigenvalue weighted by atomic mass is 9.99. The second kappa shape index (κ2) is 7.48. The number of aliphatic hydroxyl groups excluding tert-OH is 1.